The zero-order valence-electron chi connectivity index (χ0n) is 10.8. The maximum Gasteiger partial charge on any atom is 0.222 e. The molecular formula is C12H22N4O. The Morgan fingerprint density at radius 3 is 2.76 bits per heavy atom. The smallest absolute Gasteiger partial charge is 0.222 e. The van der Waals surface area contributed by atoms with Gasteiger partial charge in [0, 0.05) is 31.9 Å². The second kappa shape index (κ2) is 5.82. The molecule has 1 atom stereocenters. The summed E-state index contributed by atoms with van der Waals surface area (Å²) in [6.45, 7) is 7.13. The Labute approximate surface area is 102 Å². The van der Waals surface area contributed by atoms with Crippen molar-refractivity contribution in [3.05, 3.63) is 18.5 Å². The molecule has 5 nitrogen and oxygen atoms in total. The number of aryl methyl sites for hydroxylation is 1. The van der Waals surface area contributed by atoms with Crippen molar-refractivity contribution in [2.45, 2.75) is 39.3 Å². The second-order valence-corrected chi connectivity index (χ2v) is 4.84. The standard InChI is InChI=1S/C12H22N4O/c1-10(2)12(3,9-13)15-11(17)5-8-16-7-4-6-14-16/h4,6-7,10H,5,8-9,13H2,1-3H3,(H,15,17). The van der Waals surface area contributed by atoms with Crippen molar-refractivity contribution in [1.82, 2.24) is 15.1 Å². The van der Waals surface area contributed by atoms with Crippen LogP contribution in [0.15, 0.2) is 18.5 Å². The number of hydrogen-bond acceptors (Lipinski definition) is 3. The molecule has 0 aliphatic heterocycles. The first-order valence-electron chi connectivity index (χ1n) is 5.96. The fourth-order valence-electron chi connectivity index (χ4n) is 1.46. The lowest BCUT2D eigenvalue weighted by Gasteiger charge is -2.33. The molecule has 0 spiro atoms. The monoisotopic (exact) mass is 238 g/mol. The molecule has 1 amide bonds. The van der Waals surface area contributed by atoms with E-state index in [1.54, 1.807) is 10.9 Å². The van der Waals surface area contributed by atoms with Crippen LogP contribution in [0.3, 0.4) is 0 Å². The molecule has 3 N–H and O–H groups in total. The SMILES string of the molecule is CC(C)C(C)(CN)NC(=O)CCn1cccn1. The molecule has 1 heterocycles. The Morgan fingerprint density at radius 2 is 2.29 bits per heavy atom. The van der Waals surface area contributed by atoms with Crippen molar-refractivity contribution in [2.75, 3.05) is 6.54 Å². The number of aromatic nitrogens is 2. The highest BCUT2D eigenvalue weighted by molar-refractivity contribution is 5.76. The molecule has 0 radical (unpaired) electrons. The van der Waals surface area contributed by atoms with E-state index in [2.05, 4.69) is 24.3 Å². The van der Waals surface area contributed by atoms with Crippen LogP contribution >= 0.6 is 0 Å². The van der Waals surface area contributed by atoms with Crippen LogP contribution in [0, 0.1) is 5.92 Å². The lowest BCUT2D eigenvalue weighted by atomic mass is 9.88. The largest absolute Gasteiger partial charge is 0.349 e. The van der Waals surface area contributed by atoms with Gasteiger partial charge in [-0.2, -0.15) is 5.10 Å². The fraction of sp³-hybridized carbons (Fsp3) is 0.667. The van der Waals surface area contributed by atoms with E-state index in [1.807, 2.05) is 19.2 Å². The van der Waals surface area contributed by atoms with Gasteiger partial charge in [-0.05, 0) is 18.9 Å². The van der Waals surface area contributed by atoms with Gasteiger partial charge in [-0.3, -0.25) is 9.48 Å². The summed E-state index contributed by atoms with van der Waals surface area (Å²) in [6.07, 6.45) is 3.97. The molecule has 0 aliphatic carbocycles. The molecule has 1 aromatic heterocycles. The molecule has 0 aliphatic rings. The van der Waals surface area contributed by atoms with E-state index in [0.717, 1.165) is 0 Å². The Morgan fingerprint density at radius 1 is 1.59 bits per heavy atom. The molecule has 17 heavy (non-hydrogen) atoms. The van der Waals surface area contributed by atoms with Crippen LogP contribution in [0.25, 0.3) is 0 Å². The van der Waals surface area contributed by atoms with Gasteiger partial charge in [0.15, 0.2) is 0 Å². The molecule has 96 valence electrons. The van der Waals surface area contributed by atoms with Crippen molar-refractivity contribution in [3.63, 3.8) is 0 Å². The predicted molar refractivity (Wildman–Crippen MR) is 67.3 cm³/mol. The highest BCUT2D eigenvalue weighted by Gasteiger charge is 2.28. The highest BCUT2D eigenvalue weighted by Crippen LogP contribution is 2.14. The topological polar surface area (TPSA) is 72.9 Å². The van der Waals surface area contributed by atoms with Gasteiger partial charge in [-0.15, -0.1) is 0 Å². The molecule has 1 rings (SSSR count). The summed E-state index contributed by atoms with van der Waals surface area (Å²) in [6, 6.07) is 1.84. The van der Waals surface area contributed by atoms with E-state index in [0.29, 0.717) is 25.4 Å². The van der Waals surface area contributed by atoms with Crippen LogP contribution in [0.4, 0.5) is 0 Å². The van der Waals surface area contributed by atoms with Gasteiger partial charge in [-0.25, -0.2) is 0 Å². The molecular weight excluding hydrogens is 216 g/mol. The third-order valence-corrected chi connectivity index (χ3v) is 3.25. The summed E-state index contributed by atoms with van der Waals surface area (Å²) in [5.41, 5.74) is 5.38. The predicted octanol–water partition coefficient (Wildman–Crippen LogP) is 0.763. The Balaban J connectivity index is 2.43. The minimum atomic E-state index is -0.332. The average molecular weight is 238 g/mol. The van der Waals surface area contributed by atoms with Gasteiger partial charge < -0.3 is 11.1 Å². The molecule has 0 saturated carbocycles. The van der Waals surface area contributed by atoms with Gasteiger partial charge in [0.25, 0.3) is 0 Å². The van der Waals surface area contributed by atoms with Crippen molar-refractivity contribution < 1.29 is 4.79 Å². The van der Waals surface area contributed by atoms with Crippen molar-refractivity contribution in [1.29, 1.82) is 0 Å². The van der Waals surface area contributed by atoms with Crippen LogP contribution in [-0.2, 0) is 11.3 Å². The van der Waals surface area contributed by atoms with Crippen LogP contribution in [0.2, 0.25) is 0 Å². The molecule has 0 aromatic carbocycles. The first kappa shape index (κ1) is 13.7. The number of carbonyl (C=O) groups is 1. The summed E-state index contributed by atoms with van der Waals surface area (Å²) in [7, 11) is 0. The number of nitrogens with zero attached hydrogens (tertiary/aromatic N) is 2. The number of rotatable bonds is 6. The van der Waals surface area contributed by atoms with Crippen LogP contribution < -0.4 is 11.1 Å². The van der Waals surface area contributed by atoms with Gasteiger partial charge in [-0.1, -0.05) is 13.8 Å². The maximum absolute atomic E-state index is 11.8. The van der Waals surface area contributed by atoms with E-state index >= 15 is 0 Å². The number of carbonyl (C=O) groups excluding carboxylic acids is 1. The third-order valence-electron chi connectivity index (χ3n) is 3.25. The number of amides is 1. The van der Waals surface area contributed by atoms with Gasteiger partial charge in [0.05, 0.1) is 5.54 Å². The highest BCUT2D eigenvalue weighted by atomic mass is 16.1. The fourth-order valence-corrected chi connectivity index (χ4v) is 1.46. The van der Waals surface area contributed by atoms with E-state index in [4.69, 9.17) is 5.73 Å². The zero-order valence-corrected chi connectivity index (χ0v) is 10.8. The lowest BCUT2D eigenvalue weighted by molar-refractivity contribution is -0.123. The van der Waals surface area contributed by atoms with E-state index < -0.39 is 0 Å². The van der Waals surface area contributed by atoms with E-state index in [-0.39, 0.29) is 11.4 Å². The van der Waals surface area contributed by atoms with Crippen LogP contribution in [0.5, 0.6) is 0 Å². The van der Waals surface area contributed by atoms with E-state index in [9.17, 15) is 4.79 Å². The van der Waals surface area contributed by atoms with Gasteiger partial charge in [0.1, 0.15) is 0 Å². The Bertz CT molecular complexity index is 347. The molecule has 1 unspecified atom stereocenters. The third kappa shape index (κ3) is 3.85. The summed E-state index contributed by atoms with van der Waals surface area (Å²) >= 11 is 0. The normalized spacial score (nSPS) is 14.6. The van der Waals surface area contributed by atoms with Crippen LogP contribution in [0.1, 0.15) is 27.2 Å². The number of hydrogen-bond donors (Lipinski definition) is 2. The van der Waals surface area contributed by atoms with Gasteiger partial charge in [0.2, 0.25) is 5.91 Å². The number of nitrogens with two attached hydrogens (primary N) is 1. The minimum absolute atomic E-state index is 0.0159. The summed E-state index contributed by atoms with van der Waals surface area (Å²) in [4.78, 5) is 11.8. The number of nitrogens with one attached hydrogen (secondary N) is 1. The van der Waals surface area contributed by atoms with Crippen LogP contribution in [-0.4, -0.2) is 27.8 Å². The summed E-state index contributed by atoms with van der Waals surface area (Å²) in [5, 5.41) is 7.05. The maximum atomic E-state index is 11.8. The lowest BCUT2D eigenvalue weighted by Crippen LogP contribution is -2.55. The van der Waals surface area contributed by atoms with Gasteiger partial charge >= 0.3 is 0 Å². The zero-order chi connectivity index (χ0) is 12.9. The molecule has 1 aromatic rings. The van der Waals surface area contributed by atoms with E-state index in [1.165, 1.54) is 0 Å². The molecule has 0 bridgehead atoms. The van der Waals surface area contributed by atoms with Crippen molar-refractivity contribution in [3.8, 4) is 0 Å². The first-order valence-corrected chi connectivity index (χ1v) is 5.96. The summed E-state index contributed by atoms with van der Waals surface area (Å²) in [5.74, 6) is 0.323. The Hall–Kier alpha value is -1.36. The summed E-state index contributed by atoms with van der Waals surface area (Å²) < 4.78 is 1.74. The van der Waals surface area contributed by atoms with Crippen molar-refractivity contribution >= 4 is 5.91 Å². The quantitative estimate of drug-likeness (QED) is 0.768. The van der Waals surface area contributed by atoms with Crippen molar-refractivity contribution in [2.24, 2.45) is 11.7 Å². The average Bonchev–Trinajstić information content (AvgIpc) is 2.78. The Kier molecular flexibility index (Phi) is 4.69. The molecule has 5 heteroatoms. The first-order chi connectivity index (χ1) is 7.98. The molecule has 0 fully saturated rings. The second-order valence-electron chi connectivity index (χ2n) is 4.84. The minimum Gasteiger partial charge on any atom is -0.349 e. The molecule has 0 saturated heterocycles.